The Kier molecular flexibility index (Phi) is 125. The standard InChI is InChI=1S/C96H190N4O44/c97-144-20-17-99-93(102)15-18-108-21-23-110-25-27-112-29-31-114-33-35-116-37-39-118-41-43-120-45-47-122-49-51-124-53-55-126-57-59-128-61-63-130-65-67-132-69-71-134-73-75-136-77-79-138-81-83-140-85-87-142-89-90-143-88-86-141-84-82-139-80-78-137-76-74-135-72-70-133-68-66-131-64-62-129-60-58-127-56-54-125-52-50-123-48-46-121-44-42-119-40-38-117-36-34-115-32-30-113-28-26-111-24-22-109-19-16-98-92(101)14-13-91(96(106)107)100-94(103)11-9-7-5-3-1-2-4-6-8-10-12-95(104)105/h91,95,104-105H,1-90,97H2,(H,98,101)(H,99,102)(H,100,103)(H,106,107)/t91-/m0/s1. The summed E-state index contributed by atoms with van der Waals surface area (Å²) >= 11 is 0. The van der Waals surface area contributed by atoms with Crippen molar-refractivity contribution in [3.63, 3.8) is 0 Å². The second-order valence-corrected chi connectivity index (χ2v) is 30.9. The van der Waals surface area contributed by atoms with Gasteiger partial charge in [-0.3, -0.25) is 14.4 Å². The van der Waals surface area contributed by atoms with Crippen LogP contribution in [0.4, 0.5) is 0 Å². The highest BCUT2D eigenvalue weighted by molar-refractivity contribution is 5.84. The Morgan fingerprint density at radius 1 is 0.174 bits per heavy atom. The lowest BCUT2D eigenvalue weighted by atomic mass is 10.0. The molecule has 0 aliphatic carbocycles. The van der Waals surface area contributed by atoms with Crippen molar-refractivity contribution in [2.24, 2.45) is 5.90 Å². The van der Waals surface area contributed by atoms with Crippen LogP contribution in [0.1, 0.15) is 96.3 Å². The first kappa shape index (κ1) is 140. The van der Waals surface area contributed by atoms with Crippen LogP contribution in [0, 0.1) is 0 Å². The zero-order valence-electron chi connectivity index (χ0n) is 87.0. The monoisotopic (exact) mass is 2100 g/mol. The highest BCUT2D eigenvalue weighted by atomic mass is 16.6. The van der Waals surface area contributed by atoms with E-state index in [9.17, 15) is 24.3 Å². The summed E-state index contributed by atoms with van der Waals surface area (Å²) in [5.41, 5.74) is 0. The number of rotatable bonds is 132. The molecule has 0 saturated carbocycles. The van der Waals surface area contributed by atoms with Crippen molar-refractivity contribution in [2.75, 3.05) is 495 Å². The van der Waals surface area contributed by atoms with Gasteiger partial charge in [-0.15, -0.1) is 0 Å². The summed E-state index contributed by atoms with van der Waals surface area (Å²) in [7, 11) is 0. The molecule has 0 aromatic carbocycles. The van der Waals surface area contributed by atoms with Gasteiger partial charge in [0, 0.05) is 32.4 Å². The molecule has 0 fully saturated rings. The number of hydrogen-bond donors (Lipinski definition) is 7. The molecule has 0 aromatic heterocycles. The molecule has 0 saturated heterocycles. The third-order valence-electron chi connectivity index (χ3n) is 19.0. The lowest BCUT2D eigenvalue weighted by Gasteiger charge is -2.14. The van der Waals surface area contributed by atoms with Gasteiger partial charge in [0.25, 0.3) is 0 Å². The molecule has 48 nitrogen and oxygen atoms in total. The summed E-state index contributed by atoms with van der Waals surface area (Å²) in [5.74, 6) is 2.97. The Morgan fingerprint density at radius 2 is 0.326 bits per heavy atom. The SMILES string of the molecule is NOCCNC(=O)CCOCCOCCOCCOCCOCCOCCOCCOCCOCCOCCOCCOCCOCCOCCOCCOCCOCCOCCOCCOCCOCCOCCOCCOCCOCCOCCOCCOCCOCCOCCOCCOCCOCCOCCOCCOCCNC(=O)CC[C@H](NC(=O)CCCCCCCCCCCCC(O)O)C(=O)O. The van der Waals surface area contributed by atoms with Crippen LogP contribution in [0.3, 0.4) is 0 Å². The van der Waals surface area contributed by atoms with Crippen molar-refractivity contribution in [3.05, 3.63) is 0 Å². The van der Waals surface area contributed by atoms with Gasteiger partial charge in [-0.1, -0.05) is 51.4 Å². The van der Waals surface area contributed by atoms with E-state index < -0.39 is 18.3 Å². The number of nitrogens with one attached hydrogen (secondary N) is 3. The van der Waals surface area contributed by atoms with Gasteiger partial charge in [0.15, 0.2) is 6.29 Å². The van der Waals surface area contributed by atoms with Gasteiger partial charge in [-0.2, -0.15) is 0 Å². The number of aliphatic hydroxyl groups excluding tert-OH is 1. The molecule has 0 aliphatic heterocycles. The lowest BCUT2D eigenvalue weighted by Crippen LogP contribution is -2.41. The quantitative estimate of drug-likeness (QED) is 0.0257. The number of aliphatic hydroxyl groups is 2. The van der Waals surface area contributed by atoms with Crippen LogP contribution in [0.25, 0.3) is 0 Å². The Balaban J connectivity index is 3.18. The first-order valence-corrected chi connectivity index (χ1v) is 51.8. The highest BCUT2D eigenvalue weighted by Gasteiger charge is 2.21. The number of carboxylic acid groups (broad SMARTS) is 1. The number of carboxylic acids is 1. The van der Waals surface area contributed by atoms with Gasteiger partial charge in [0.1, 0.15) is 6.04 Å². The van der Waals surface area contributed by atoms with Crippen LogP contribution in [-0.4, -0.2) is 547 Å². The number of unbranched alkanes of at least 4 members (excludes halogenated alkanes) is 9. The van der Waals surface area contributed by atoms with E-state index in [1.54, 1.807) is 0 Å². The second-order valence-electron chi connectivity index (χ2n) is 30.9. The van der Waals surface area contributed by atoms with E-state index in [0.29, 0.717) is 488 Å². The molecule has 0 radical (unpaired) electrons. The van der Waals surface area contributed by atoms with Crippen molar-refractivity contribution >= 4 is 23.7 Å². The van der Waals surface area contributed by atoms with E-state index in [-0.39, 0.29) is 63.2 Å². The predicted octanol–water partition coefficient (Wildman–Crippen LogP) is 1.44. The van der Waals surface area contributed by atoms with E-state index in [4.69, 9.17) is 187 Å². The van der Waals surface area contributed by atoms with E-state index in [1.165, 1.54) is 0 Å². The van der Waals surface area contributed by atoms with E-state index in [0.717, 1.165) is 57.8 Å². The minimum Gasteiger partial charge on any atom is -0.480 e. The normalized spacial score (nSPS) is 11.9. The fourth-order valence-electron chi connectivity index (χ4n) is 11.5. The number of nitrogens with two attached hydrogens (primary N) is 1. The molecule has 0 aliphatic rings. The third kappa shape index (κ3) is 127. The minimum atomic E-state index is -1.21. The number of hydrogen-bond acceptors (Lipinski definition) is 44. The smallest absolute Gasteiger partial charge is 0.326 e. The zero-order valence-corrected chi connectivity index (χ0v) is 87.0. The fraction of sp³-hybridized carbons (Fsp3) is 0.958. The Morgan fingerprint density at radius 3 is 0.500 bits per heavy atom. The molecule has 3 amide bonds. The fourth-order valence-corrected chi connectivity index (χ4v) is 11.5. The summed E-state index contributed by atoms with van der Waals surface area (Å²) in [6.07, 6.45) is 9.67. The average Bonchev–Trinajstić information content (AvgIpc) is 0.928. The number of aliphatic carboxylic acids is 1. The van der Waals surface area contributed by atoms with Crippen LogP contribution in [-0.2, 0) is 195 Å². The molecule has 1 atom stereocenters. The molecule has 8 N–H and O–H groups in total. The molecule has 0 aromatic rings. The van der Waals surface area contributed by atoms with Crippen molar-refractivity contribution < 1.29 is 210 Å². The molecule has 0 rings (SSSR count). The molecule has 144 heavy (non-hydrogen) atoms. The van der Waals surface area contributed by atoms with Gasteiger partial charge in [-0.25, -0.2) is 10.7 Å². The molecule has 0 heterocycles. The van der Waals surface area contributed by atoms with Crippen LogP contribution in [0.15, 0.2) is 0 Å². The van der Waals surface area contributed by atoms with Crippen molar-refractivity contribution in [1.82, 2.24) is 16.0 Å². The lowest BCUT2D eigenvalue weighted by molar-refractivity contribution is -0.142. The number of ether oxygens (including phenoxy) is 36. The summed E-state index contributed by atoms with van der Waals surface area (Å²) < 4.78 is 199. The van der Waals surface area contributed by atoms with E-state index in [1.807, 2.05) is 0 Å². The van der Waals surface area contributed by atoms with Gasteiger partial charge in [0.05, 0.1) is 482 Å². The number of carbonyl (C=O) groups excluding carboxylic acids is 3. The van der Waals surface area contributed by atoms with Crippen molar-refractivity contribution in [1.29, 1.82) is 0 Å². The number of carbonyl (C=O) groups is 4. The summed E-state index contributed by atoms with van der Waals surface area (Å²) in [6, 6.07) is -1.13. The van der Waals surface area contributed by atoms with Crippen LogP contribution in [0.2, 0.25) is 0 Å². The van der Waals surface area contributed by atoms with E-state index in [2.05, 4.69) is 20.8 Å². The van der Waals surface area contributed by atoms with Crippen molar-refractivity contribution in [2.45, 2.75) is 109 Å². The zero-order chi connectivity index (χ0) is 103. The molecular weight excluding hydrogens is 1910 g/mol. The summed E-state index contributed by atoms with van der Waals surface area (Å²) in [6.45, 7) is 33.4. The van der Waals surface area contributed by atoms with Gasteiger partial charge < -0.3 is 207 Å². The minimum absolute atomic E-state index is 0.00875. The summed E-state index contributed by atoms with van der Waals surface area (Å²) in [5, 5.41) is 35.2. The Labute approximate surface area is 856 Å². The first-order chi connectivity index (χ1) is 71.3. The largest absolute Gasteiger partial charge is 0.480 e. The average molecular weight is 2100 g/mol. The summed E-state index contributed by atoms with van der Waals surface area (Å²) in [4.78, 5) is 52.2. The molecule has 0 spiro atoms. The van der Waals surface area contributed by atoms with Crippen LogP contribution >= 0.6 is 0 Å². The van der Waals surface area contributed by atoms with Gasteiger partial charge in [-0.05, 0) is 25.7 Å². The number of amides is 3. The molecule has 858 valence electrons. The molecular formula is C96H190N4O44. The van der Waals surface area contributed by atoms with Crippen LogP contribution < -0.4 is 21.8 Å². The Hall–Kier alpha value is -3.72. The molecule has 0 unspecified atom stereocenters. The first-order valence-electron chi connectivity index (χ1n) is 51.8. The maximum Gasteiger partial charge on any atom is 0.326 e. The van der Waals surface area contributed by atoms with Gasteiger partial charge >= 0.3 is 5.97 Å². The highest BCUT2D eigenvalue weighted by Crippen LogP contribution is 2.13. The van der Waals surface area contributed by atoms with E-state index >= 15 is 0 Å². The molecule has 0 bridgehead atoms. The maximum atomic E-state index is 12.3. The maximum absolute atomic E-state index is 12.3. The Bertz CT molecular complexity index is 2430. The predicted molar refractivity (Wildman–Crippen MR) is 523 cm³/mol. The third-order valence-corrected chi connectivity index (χ3v) is 19.0. The van der Waals surface area contributed by atoms with Crippen LogP contribution in [0.5, 0.6) is 0 Å². The van der Waals surface area contributed by atoms with Gasteiger partial charge in [0.2, 0.25) is 17.7 Å². The second kappa shape index (κ2) is 128. The van der Waals surface area contributed by atoms with Crippen molar-refractivity contribution in [3.8, 4) is 0 Å². The topological polar surface area (TPSA) is 533 Å². The molecule has 48 heteroatoms.